The number of likely N-dealkylation sites (N-methyl/N-ethyl adjacent to an activating group) is 1. The molecule has 0 unspecified atom stereocenters. The number of imidazole rings is 1. The molecule has 3 aromatic heterocycles. The number of phenols is 1. The maximum Gasteiger partial charge on any atom is 0.158 e. The molecule has 1 saturated heterocycles. The minimum Gasteiger partial charge on any atom is -0.507 e. The summed E-state index contributed by atoms with van der Waals surface area (Å²) in [6.45, 7) is 9.23. The van der Waals surface area contributed by atoms with Crippen molar-refractivity contribution in [2.24, 2.45) is 0 Å². The number of nitrogens with zero attached hydrogens (tertiary/aromatic N) is 6. The first-order chi connectivity index (χ1) is 14.5. The second-order valence-corrected chi connectivity index (χ2v) is 7.95. The van der Waals surface area contributed by atoms with Crippen molar-refractivity contribution in [2.45, 2.75) is 26.7 Å². The highest BCUT2D eigenvalue weighted by Gasteiger charge is 2.28. The van der Waals surface area contributed by atoms with Crippen molar-refractivity contribution in [1.29, 1.82) is 0 Å². The molecule has 0 radical (unpaired) electrons. The van der Waals surface area contributed by atoms with Gasteiger partial charge in [-0.2, -0.15) is 10.2 Å². The van der Waals surface area contributed by atoms with Crippen LogP contribution < -0.4 is 0 Å². The summed E-state index contributed by atoms with van der Waals surface area (Å²) >= 11 is 0. The summed E-state index contributed by atoms with van der Waals surface area (Å²) in [5.74, 6) is 0.621. The Morgan fingerprint density at radius 2 is 1.83 bits per heavy atom. The molecule has 1 aliphatic rings. The first-order valence-electron chi connectivity index (χ1n) is 10.2. The van der Waals surface area contributed by atoms with Crippen LogP contribution in [0.25, 0.3) is 28.2 Å². The Hall–Kier alpha value is -3.32. The van der Waals surface area contributed by atoms with Gasteiger partial charge >= 0.3 is 0 Å². The molecule has 1 aromatic carbocycles. The predicted octanol–water partition coefficient (Wildman–Crippen LogP) is 3.59. The SMILES string of the molecule is CCN1CC(c2ccc(-c3ccc(-c4cn5cc(C)nc5c(C)n4)cc3O)nn2)C1. The van der Waals surface area contributed by atoms with Gasteiger partial charge in [-0.3, -0.25) is 0 Å². The highest BCUT2D eigenvalue weighted by molar-refractivity contribution is 5.73. The Morgan fingerprint density at radius 1 is 1.00 bits per heavy atom. The Kier molecular flexibility index (Phi) is 4.47. The van der Waals surface area contributed by atoms with Crippen molar-refractivity contribution in [1.82, 2.24) is 29.5 Å². The molecule has 152 valence electrons. The molecule has 0 atom stereocenters. The van der Waals surface area contributed by atoms with Crippen LogP contribution in [0.1, 0.15) is 29.9 Å². The van der Waals surface area contributed by atoms with E-state index in [1.807, 2.05) is 54.9 Å². The van der Waals surface area contributed by atoms with Crippen molar-refractivity contribution in [2.75, 3.05) is 19.6 Å². The minimum absolute atomic E-state index is 0.164. The molecule has 30 heavy (non-hydrogen) atoms. The lowest BCUT2D eigenvalue weighted by Gasteiger charge is -2.37. The van der Waals surface area contributed by atoms with E-state index in [0.29, 0.717) is 17.2 Å². The second-order valence-electron chi connectivity index (χ2n) is 7.95. The van der Waals surface area contributed by atoms with Crippen LogP contribution in [0.5, 0.6) is 5.75 Å². The quantitative estimate of drug-likeness (QED) is 0.564. The molecule has 5 rings (SSSR count). The van der Waals surface area contributed by atoms with Crippen LogP contribution in [-0.4, -0.2) is 54.2 Å². The summed E-state index contributed by atoms with van der Waals surface area (Å²) in [5.41, 5.74) is 6.61. The summed E-state index contributed by atoms with van der Waals surface area (Å²) in [6, 6.07) is 9.51. The number of phenolic OH excluding ortho intramolecular Hbond substituents is 1. The van der Waals surface area contributed by atoms with Crippen molar-refractivity contribution >= 4 is 5.65 Å². The zero-order chi connectivity index (χ0) is 20.8. The van der Waals surface area contributed by atoms with E-state index in [9.17, 15) is 5.11 Å². The zero-order valence-corrected chi connectivity index (χ0v) is 17.4. The van der Waals surface area contributed by atoms with E-state index in [1.165, 1.54) is 0 Å². The molecule has 0 saturated carbocycles. The number of benzene rings is 1. The molecular formula is C23H24N6O. The van der Waals surface area contributed by atoms with Gasteiger partial charge in [0.05, 0.1) is 28.5 Å². The second kappa shape index (κ2) is 7.18. The van der Waals surface area contributed by atoms with Gasteiger partial charge in [0.1, 0.15) is 5.75 Å². The Bertz CT molecular complexity index is 1220. The zero-order valence-electron chi connectivity index (χ0n) is 17.4. The van der Waals surface area contributed by atoms with Gasteiger partial charge in [-0.15, -0.1) is 0 Å². The fraction of sp³-hybridized carbons (Fsp3) is 0.304. The van der Waals surface area contributed by atoms with E-state index in [0.717, 1.165) is 53.6 Å². The predicted molar refractivity (Wildman–Crippen MR) is 115 cm³/mol. The van der Waals surface area contributed by atoms with Crippen molar-refractivity contribution < 1.29 is 5.11 Å². The molecule has 4 aromatic rings. The van der Waals surface area contributed by atoms with E-state index in [-0.39, 0.29) is 5.75 Å². The molecule has 7 heteroatoms. The largest absolute Gasteiger partial charge is 0.507 e. The highest BCUT2D eigenvalue weighted by atomic mass is 16.3. The summed E-state index contributed by atoms with van der Waals surface area (Å²) < 4.78 is 1.97. The van der Waals surface area contributed by atoms with Crippen LogP contribution >= 0.6 is 0 Å². The third-order valence-electron chi connectivity index (χ3n) is 5.80. The molecule has 1 fully saturated rings. The number of aryl methyl sites for hydroxylation is 2. The van der Waals surface area contributed by atoms with Gasteiger partial charge in [0.2, 0.25) is 0 Å². The molecule has 0 spiro atoms. The van der Waals surface area contributed by atoms with Crippen LogP contribution in [0.2, 0.25) is 0 Å². The fourth-order valence-corrected chi connectivity index (χ4v) is 4.04. The number of aromatic hydroxyl groups is 1. The summed E-state index contributed by atoms with van der Waals surface area (Å²) in [4.78, 5) is 11.5. The Morgan fingerprint density at radius 3 is 2.53 bits per heavy atom. The Labute approximate surface area is 175 Å². The summed E-state index contributed by atoms with van der Waals surface area (Å²) in [6.07, 6.45) is 3.91. The maximum atomic E-state index is 10.7. The number of fused-ring (bicyclic) bond motifs is 1. The van der Waals surface area contributed by atoms with Crippen LogP contribution in [0.15, 0.2) is 42.7 Å². The third kappa shape index (κ3) is 3.21. The Balaban J connectivity index is 1.42. The van der Waals surface area contributed by atoms with Gasteiger partial charge in [0.25, 0.3) is 0 Å². The van der Waals surface area contributed by atoms with Crippen LogP contribution in [0, 0.1) is 13.8 Å². The van der Waals surface area contributed by atoms with Crippen molar-refractivity contribution in [3.8, 4) is 28.3 Å². The average molecular weight is 400 g/mol. The smallest absolute Gasteiger partial charge is 0.158 e. The van der Waals surface area contributed by atoms with Crippen molar-refractivity contribution in [3.63, 3.8) is 0 Å². The molecule has 4 heterocycles. The summed E-state index contributed by atoms with van der Waals surface area (Å²) in [7, 11) is 0. The van der Waals surface area contributed by atoms with Crippen LogP contribution in [0.3, 0.4) is 0 Å². The maximum absolute atomic E-state index is 10.7. The van der Waals surface area contributed by atoms with E-state index in [4.69, 9.17) is 0 Å². The number of likely N-dealkylation sites (tertiary alicyclic amines) is 1. The van der Waals surface area contributed by atoms with Crippen molar-refractivity contribution in [3.05, 3.63) is 59.8 Å². The van der Waals surface area contributed by atoms with E-state index < -0.39 is 0 Å². The number of hydrogen-bond donors (Lipinski definition) is 1. The molecule has 0 bridgehead atoms. The molecule has 0 amide bonds. The highest BCUT2D eigenvalue weighted by Crippen LogP contribution is 2.33. The normalized spacial score (nSPS) is 14.9. The summed E-state index contributed by atoms with van der Waals surface area (Å²) in [5, 5.41) is 19.4. The number of hydrogen-bond acceptors (Lipinski definition) is 6. The minimum atomic E-state index is 0.164. The molecule has 1 N–H and O–H groups in total. The van der Waals surface area contributed by atoms with Gasteiger partial charge < -0.3 is 14.4 Å². The topological polar surface area (TPSA) is 79.4 Å². The van der Waals surface area contributed by atoms with Crippen LogP contribution in [0.4, 0.5) is 0 Å². The van der Waals surface area contributed by atoms with Gasteiger partial charge in [-0.25, -0.2) is 9.97 Å². The van der Waals surface area contributed by atoms with E-state index in [2.05, 4.69) is 32.0 Å². The third-order valence-corrected chi connectivity index (χ3v) is 5.80. The van der Waals surface area contributed by atoms with E-state index in [1.54, 1.807) is 6.07 Å². The number of aromatic nitrogens is 5. The molecule has 7 nitrogen and oxygen atoms in total. The number of rotatable bonds is 4. The fourth-order valence-electron chi connectivity index (χ4n) is 4.04. The first-order valence-corrected chi connectivity index (χ1v) is 10.2. The van der Waals surface area contributed by atoms with Gasteiger partial charge in [0, 0.05) is 42.5 Å². The average Bonchev–Trinajstić information content (AvgIpc) is 3.09. The van der Waals surface area contributed by atoms with Gasteiger partial charge in [-0.1, -0.05) is 13.0 Å². The van der Waals surface area contributed by atoms with Gasteiger partial charge in [0.15, 0.2) is 5.65 Å². The molecule has 1 aliphatic heterocycles. The molecular weight excluding hydrogens is 376 g/mol. The standard InChI is InChI=1S/C23H24N6O/c1-4-28-11-17(12-28)19-7-8-20(27-26-19)18-6-5-16(9-22(18)30)21-13-29-10-14(2)24-23(29)15(3)25-21/h5-10,13,17,30H,4,11-12H2,1-3H3. The lowest BCUT2D eigenvalue weighted by molar-refractivity contribution is 0.154. The molecule has 0 aliphatic carbocycles. The van der Waals surface area contributed by atoms with Crippen LogP contribution in [-0.2, 0) is 0 Å². The monoisotopic (exact) mass is 400 g/mol. The van der Waals surface area contributed by atoms with E-state index >= 15 is 0 Å². The lowest BCUT2D eigenvalue weighted by atomic mass is 9.96. The first kappa shape index (κ1) is 18.7. The lowest BCUT2D eigenvalue weighted by Crippen LogP contribution is -2.44. The van der Waals surface area contributed by atoms with Gasteiger partial charge in [-0.05, 0) is 44.7 Å².